The van der Waals surface area contributed by atoms with Crippen LogP contribution in [0.2, 0.25) is 0 Å². The predicted octanol–water partition coefficient (Wildman–Crippen LogP) is 4.38. The van der Waals surface area contributed by atoms with Gasteiger partial charge in [0.15, 0.2) is 10.5 Å². The summed E-state index contributed by atoms with van der Waals surface area (Å²) in [6.45, 7) is 0.158. The molecule has 146 valence electrons. The molecule has 2 aromatic carbocycles. The normalized spacial score (nSPS) is 10.8. The SMILES string of the molecule is O=C(Nn1c(=S)[nH]c2ccccc2c1=O)c1ccc(COc2ccc(Br)cc2)o1. The number of rotatable bonds is 5. The molecule has 7 nitrogen and oxygen atoms in total. The summed E-state index contributed by atoms with van der Waals surface area (Å²) in [4.78, 5) is 28.0. The molecular formula is C20H14BrN3O4S. The molecule has 0 spiro atoms. The highest BCUT2D eigenvalue weighted by molar-refractivity contribution is 9.10. The van der Waals surface area contributed by atoms with Crippen molar-refractivity contribution in [3.8, 4) is 5.75 Å². The Labute approximate surface area is 178 Å². The monoisotopic (exact) mass is 471 g/mol. The summed E-state index contributed by atoms with van der Waals surface area (Å²) in [6.07, 6.45) is 0. The number of carbonyl (C=O) groups excluding carboxylic acids is 1. The number of nitrogens with zero attached hydrogens (tertiary/aromatic N) is 1. The maximum Gasteiger partial charge on any atom is 0.305 e. The van der Waals surface area contributed by atoms with Crippen LogP contribution in [0.25, 0.3) is 10.9 Å². The minimum absolute atomic E-state index is 0.0360. The van der Waals surface area contributed by atoms with Crippen LogP contribution in [0.5, 0.6) is 5.75 Å². The van der Waals surface area contributed by atoms with E-state index in [9.17, 15) is 9.59 Å². The first-order valence-electron chi connectivity index (χ1n) is 8.54. The first-order valence-corrected chi connectivity index (χ1v) is 9.74. The topological polar surface area (TPSA) is 89.3 Å². The van der Waals surface area contributed by atoms with Crippen LogP contribution in [-0.4, -0.2) is 15.6 Å². The van der Waals surface area contributed by atoms with Crippen molar-refractivity contribution in [1.82, 2.24) is 9.66 Å². The molecule has 0 radical (unpaired) electrons. The maximum absolute atomic E-state index is 12.6. The van der Waals surface area contributed by atoms with Gasteiger partial charge in [-0.2, -0.15) is 4.68 Å². The van der Waals surface area contributed by atoms with Gasteiger partial charge in [0.2, 0.25) is 0 Å². The highest BCUT2D eigenvalue weighted by Crippen LogP contribution is 2.18. The van der Waals surface area contributed by atoms with Gasteiger partial charge in [-0.25, -0.2) is 0 Å². The molecule has 0 aliphatic rings. The Kier molecular flexibility index (Phi) is 5.32. The predicted molar refractivity (Wildman–Crippen MR) is 114 cm³/mol. The first kappa shape index (κ1) is 19.2. The molecule has 2 heterocycles. The second-order valence-corrected chi connectivity index (χ2v) is 7.37. The number of para-hydroxylation sites is 1. The number of benzene rings is 2. The minimum Gasteiger partial charge on any atom is -0.486 e. The number of fused-ring (bicyclic) bond motifs is 1. The molecule has 2 aromatic heterocycles. The Bertz CT molecular complexity index is 1310. The number of furan rings is 1. The van der Waals surface area contributed by atoms with E-state index in [1.54, 1.807) is 30.3 Å². The van der Waals surface area contributed by atoms with Crippen LogP contribution < -0.4 is 15.7 Å². The van der Waals surface area contributed by atoms with Crippen LogP contribution in [-0.2, 0) is 6.61 Å². The molecule has 0 aliphatic heterocycles. The smallest absolute Gasteiger partial charge is 0.305 e. The Balaban J connectivity index is 1.50. The van der Waals surface area contributed by atoms with Crippen molar-refractivity contribution >= 4 is 45.0 Å². The summed E-state index contributed by atoms with van der Waals surface area (Å²) in [7, 11) is 0. The molecular weight excluding hydrogens is 458 g/mol. The van der Waals surface area contributed by atoms with Crippen LogP contribution in [0.3, 0.4) is 0 Å². The third kappa shape index (κ3) is 4.15. The highest BCUT2D eigenvalue weighted by Gasteiger charge is 2.14. The Morgan fingerprint density at radius 3 is 2.69 bits per heavy atom. The number of amides is 1. The molecule has 0 saturated carbocycles. The van der Waals surface area contributed by atoms with Crippen molar-refractivity contribution in [2.75, 3.05) is 5.43 Å². The fourth-order valence-electron chi connectivity index (χ4n) is 2.68. The summed E-state index contributed by atoms with van der Waals surface area (Å²) in [5, 5.41) is 0.407. The molecule has 4 rings (SSSR count). The quantitative estimate of drug-likeness (QED) is 0.421. The van der Waals surface area contributed by atoms with E-state index in [0.29, 0.717) is 22.4 Å². The molecule has 1 amide bonds. The fourth-order valence-corrected chi connectivity index (χ4v) is 3.19. The van der Waals surface area contributed by atoms with E-state index in [2.05, 4.69) is 26.3 Å². The number of hydrogen-bond donors (Lipinski definition) is 2. The Morgan fingerprint density at radius 1 is 1.14 bits per heavy atom. The van der Waals surface area contributed by atoms with E-state index in [1.807, 2.05) is 24.3 Å². The van der Waals surface area contributed by atoms with E-state index in [0.717, 1.165) is 9.15 Å². The van der Waals surface area contributed by atoms with E-state index >= 15 is 0 Å². The Morgan fingerprint density at radius 2 is 1.90 bits per heavy atom. The van der Waals surface area contributed by atoms with Crippen molar-refractivity contribution in [1.29, 1.82) is 0 Å². The lowest BCUT2D eigenvalue weighted by atomic mass is 10.2. The summed E-state index contributed by atoms with van der Waals surface area (Å²) in [5.74, 6) is 0.573. The van der Waals surface area contributed by atoms with Crippen molar-refractivity contribution < 1.29 is 13.9 Å². The molecule has 0 fully saturated rings. The van der Waals surface area contributed by atoms with E-state index in [4.69, 9.17) is 21.4 Å². The van der Waals surface area contributed by atoms with Gasteiger partial charge in [0, 0.05) is 4.47 Å². The lowest BCUT2D eigenvalue weighted by Gasteiger charge is -2.08. The van der Waals surface area contributed by atoms with Gasteiger partial charge in [-0.1, -0.05) is 28.1 Å². The van der Waals surface area contributed by atoms with Gasteiger partial charge in [0.25, 0.3) is 5.56 Å². The molecule has 0 aliphatic carbocycles. The largest absolute Gasteiger partial charge is 0.486 e. The van der Waals surface area contributed by atoms with Crippen molar-refractivity contribution in [3.05, 3.63) is 91.8 Å². The minimum atomic E-state index is -0.600. The number of H-pyrrole nitrogens is 1. The molecule has 0 atom stereocenters. The molecule has 0 saturated heterocycles. The molecule has 0 bridgehead atoms. The zero-order chi connectivity index (χ0) is 20.4. The van der Waals surface area contributed by atoms with Crippen LogP contribution >= 0.6 is 28.1 Å². The third-order valence-corrected chi connectivity index (χ3v) is 4.91. The number of halogens is 1. The van der Waals surface area contributed by atoms with Gasteiger partial charge in [0.05, 0.1) is 10.9 Å². The average molecular weight is 472 g/mol. The maximum atomic E-state index is 12.6. The van der Waals surface area contributed by atoms with Gasteiger partial charge in [-0.3, -0.25) is 15.0 Å². The number of aromatic nitrogens is 2. The van der Waals surface area contributed by atoms with Gasteiger partial charge >= 0.3 is 5.91 Å². The van der Waals surface area contributed by atoms with Crippen LogP contribution in [0.15, 0.2) is 74.3 Å². The molecule has 2 N–H and O–H groups in total. The molecule has 4 aromatic rings. The van der Waals surface area contributed by atoms with Gasteiger partial charge in [-0.15, -0.1) is 0 Å². The van der Waals surface area contributed by atoms with Crippen molar-refractivity contribution in [2.45, 2.75) is 6.61 Å². The zero-order valence-electron chi connectivity index (χ0n) is 14.8. The summed E-state index contributed by atoms with van der Waals surface area (Å²) in [6, 6.07) is 17.4. The number of aromatic amines is 1. The standard InChI is InChI=1S/C20H14BrN3O4S/c21-12-5-7-13(8-6-12)27-11-14-9-10-17(28-14)18(25)23-24-19(26)15-3-1-2-4-16(15)22-20(24)29/h1-10H,11H2,(H,22,29)(H,23,25). The number of ether oxygens (including phenoxy) is 1. The highest BCUT2D eigenvalue weighted by atomic mass is 79.9. The van der Waals surface area contributed by atoms with E-state index in [1.165, 1.54) is 6.07 Å². The molecule has 0 unspecified atom stereocenters. The van der Waals surface area contributed by atoms with Gasteiger partial charge in [0.1, 0.15) is 18.1 Å². The molecule has 9 heteroatoms. The summed E-state index contributed by atoms with van der Waals surface area (Å²) >= 11 is 8.54. The zero-order valence-corrected chi connectivity index (χ0v) is 17.2. The van der Waals surface area contributed by atoms with Crippen LogP contribution in [0.1, 0.15) is 16.3 Å². The van der Waals surface area contributed by atoms with Crippen LogP contribution in [0, 0.1) is 4.77 Å². The summed E-state index contributed by atoms with van der Waals surface area (Å²) < 4.78 is 13.2. The second kappa shape index (κ2) is 8.06. The second-order valence-electron chi connectivity index (χ2n) is 6.07. The van der Waals surface area contributed by atoms with Crippen LogP contribution in [0.4, 0.5) is 0 Å². The van der Waals surface area contributed by atoms with Gasteiger partial charge in [-0.05, 0) is 60.7 Å². The number of carbonyl (C=O) groups is 1. The van der Waals surface area contributed by atoms with E-state index < -0.39 is 11.5 Å². The summed E-state index contributed by atoms with van der Waals surface area (Å²) in [5.41, 5.74) is 2.64. The van der Waals surface area contributed by atoms with Crippen molar-refractivity contribution in [3.63, 3.8) is 0 Å². The average Bonchev–Trinajstić information content (AvgIpc) is 3.20. The Hall–Kier alpha value is -3.17. The lowest BCUT2D eigenvalue weighted by molar-refractivity contribution is 0.0976. The fraction of sp³-hybridized carbons (Fsp3) is 0.0500. The number of hydrogen-bond acceptors (Lipinski definition) is 5. The van der Waals surface area contributed by atoms with Crippen molar-refractivity contribution in [2.24, 2.45) is 0 Å². The molecule has 29 heavy (non-hydrogen) atoms. The number of nitrogens with one attached hydrogen (secondary N) is 2. The van der Waals surface area contributed by atoms with Gasteiger partial charge < -0.3 is 14.1 Å². The lowest BCUT2D eigenvalue weighted by Crippen LogP contribution is -2.34. The third-order valence-electron chi connectivity index (χ3n) is 4.10. The first-order chi connectivity index (χ1) is 14.0. The van der Waals surface area contributed by atoms with E-state index in [-0.39, 0.29) is 17.1 Å².